The second-order valence-corrected chi connectivity index (χ2v) is 34.5. The lowest BCUT2D eigenvalue weighted by molar-refractivity contribution is -0.297. The summed E-state index contributed by atoms with van der Waals surface area (Å²) in [6.45, 7) is 38.7. The third kappa shape index (κ3) is 14.8. The predicted octanol–water partition coefficient (Wildman–Crippen LogP) is 14.5. The average molecular weight is 821 g/mol. The fraction of sp³-hybridized carbons (Fsp3) is 0.915. The maximum absolute atomic E-state index is 7.48. The molecule has 2 rings (SSSR count). The van der Waals surface area contributed by atoms with Gasteiger partial charge in [0.05, 0.1) is 18.3 Å². The first-order valence-electron chi connectivity index (χ1n) is 23.4. The van der Waals surface area contributed by atoms with Gasteiger partial charge in [0, 0.05) is 42.4 Å². The minimum atomic E-state index is -2.05. The van der Waals surface area contributed by atoms with Gasteiger partial charge in [0.2, 0.25) is 0 Å². The molecule has 2 fully saturated rings. The Hall–Kier alpha value is -0.249. The van der Waals surface area contributed by atoms with E-state index in [2.05, 4.69) is 139 Å². The van der Waals surface area contributed by atoms with Gasteiger partial charge < -0.3 is 13.3 Å². The number of hydroxylamine groups is 2. The van der Waals surface area contributed by atoms with Crippen LogP contribution in [-0.4, -0.2) is 66.0 Å². The molecular weight excluding hydrogens is 727 g/mol. The summed E-state index contributed by atoms with van der Waals surface area (Å²) >= 11 is 0. The zero-order valence-electron chi connectivity index (χ0n) is 39.6. The van der Waals surface area contributed by atoms with Crippen molar-refractivity contribution in [1.82, 2.24) is 5.06 Å². The Morgan fingerprint density at radius 2 is 1.33 bits per heavy atom. The summed E-state index contributed by atoms with van der Waals surface area (Å²) in [5.74, 6) is 7.92. The number of piperidine rings is 1. The second-order valence-electron chi connectivity index (χ2n) is 20.2. The molecule has 0 aromatic heterocycles. The zero-order chi connectivity index (χ0) is 41.6. The number of hydrogen-bond acceptors (Lipinski definition) is 5. The van der Waals surface area contributed by atoms with Crippen LogP contribution in [0.4, 0.5) is 0 Å². The fourth-order valence-electron chi connectivity index (χ4n) is 9.12. The number of nitrogens with zero attached hydrogens (tertiary/aromatic N) is 1. The molecule has 0 unspecified atom stereocenters. The van der Waals surface area contributed by atoms with Gasteiger partial charge >= 0.3 is 0 Å². The van der Waals surface area contributed by atoms with E-state index >= 15 is 0 Å². The summed E-state index contributed by atoms with van der Waals surface area (Å²) in [5, 5.41) is 2.51. The highest BCUT2D eigenvalue weighted by Crippen LogP contribution is 2.47. The van der Waals surface area contributed by atoms with Gasteiger partial charge in [0.25, 0.3) is 0 Å². The second kappa shape index (κ2) is 22.9. The largest absolute Gasteiger partial charge is 0.417 e. The molecule has 0 radical (unpaired) electrons. The van der Waals surface area contributed by atoms with Crippen molar-refractivity contribution in [2.75, 3.05) is 6.61 Å². The summed E-state index contributed by atoms with van der Waals surface area (Å²) in [6, 6.07) is 7.16. The molecule has 2 aliphatic rings. The minimum Gasteiger partial charge on any atom is -0.417 e. The van der Waals surface area contributed by atoms with E-state index in [4.69, 9.17) is 18.1 Å². The van der Waals surface area contributed by atoms with Gasteiger partial charge in [0.15, 0.2) is 25.0 Å². The van der Waals surface area contributed by atoms with Crippen LogP contribution in [0.25, 0.3) is 0 Å². The van der Waals surface area contributed by atoms with Crippen LogP contribution in [0.5, 0.6) is 0 Å². The average Bonchev–Trinajstić information content (AvgIpc) is 3.43. The van der Waals surface area contributed by atoms with Crippen LogP contribution < -0.4 is 0 Å². The Morgan fingerprint density at radius 3 is 1.85 bits per heavy atom. The number of unbranched alkanes of at least 4 members (excludes halogenated alkanes) is 4. The Labute approximate surface area is 347 Å². The van der Waals surface area contributed by atoms with E-state index in [1.165, 1.54) is 43.8 Å². The zero-order valence-corrected chi connectivity index (χ0v) is 42.6. The molecule has 1 saturated heterocycles. The monoisotopic (exact) mass is 820 g/mol. The Balaban J connectivity index is 2.50. The van der Waals surface area contributed by atoms with Gasteiger partial charge in [-0.1, -0.05) is 101 Å². The van der Waals surface area contributed by atoms with E-state index < -0.39 is 25.0 Å². The highest BCUT2D eigenvalue weighted by Gasteiger charge is 2.50. The van der Waals surface area contributed by atoms with Gasteiger partial charge in [-0.15, -0.1) is 11.8 Å². The van der Waals surface area contributed by atoms with Crippen LogP contribution in [0.3, 0.4) is 0 Å². The molecule has 0 bridgehead atoms. The third-order valence-electron chi connectivity index (χ3n) is 14.5. The van der Waals surface area contributed by atoms with Gasteiger partial charge in [-0.25, -0.2) is 0 Å². The van der Waals surface area contributed by atoms with Crippen LogP contribution >= 0.6 is 0 Å². The van der Waals surface area contributed by atoms with Crippen LogP contribution in [0.2, 0.25) is 54.4 Å². The lowest BCUT2D eigenvalue weighted by Crippen LogP contribution is -2.59. The Kier molecular flexibility index (Phi) is 21.2. The van der Waals surface area contributed by atoms with Crippen molar-refractivity contribution >= 4 is 25.0 Å². The first-order chi connectivity index (χ1) is 25.7. The molecule has 1 heterocycles. The number of hydrogen-bond donors (Lipinski definition) is 0. The first kappa shape index (κ1) is 50.9. The summed E-state index contributed by atoms with van der Waals surface area (Å²) < 4.78 is 21.5. The normalized spacial score (nSPS) is 24.3. The molecule has 1 aliphatic heterocycles. The van der Waals surface area contributed by atoms with Crippen molar-refractivity contribution in [1.29, 1.82) is 0 Å². The van der Waals surface area contributed by atoms with E-state index in [1.54, 1.807) is 0 Å². The smallest absolute Gasteiger partial charge is 0.192 e. The van der Waals surface area contributed by atoms with E-state index in [1.807, 2.05) is 0 Å². The molecule has 1 saturated carbocycles. The van der Waals surface area contributed by atoms with Crippen molar-refractivity contribution in [3.05, 3.63) is 12.2 Å². The quantitative estimate of drug-likeness (QED) is 0.0420. The minimum absolute atomic E-state index is 0.00457. The molecule has 8 heteroatoms. The van der Waals surface area contributed by atoms with Crippen LogP contribution in [0.15, 0.2) is 12.2 Å². The molecular formula is C47H93NO4Si3. The molecule has 55 heavy (non-hydrogen) atoms. The topological polar surface area (TPSA) is 40.2 Å². The summed E-state index contributed by atoms with van der Waals surface area (Å²) in [5.41, 5.74) is 0.00913. The number of rotatable bonds is 24. The highest BCUT2D eigenvalue weighted by molar-refractivity contribution is 6.74. The van der Waals surface area contributed by atoms with Gasteiger partial charge in [0.1, 0.15) is 0 Å². The lowest BCUT2D eigenvalue weighted by atomic mass is 9.82. The lowest BCUT2D eigenvalue weighted by Gasteiger charge is -2.52. The van der Waals surface area contributed by atoms with Crippen molar-refractivity contribution in [3.63, 3.8) is 0 Å². The molecule has 0 N–H and O–H groups in total. The van der Waals surface area contributed by atoms with Crippen molar-refractivity contribution in [2.45, 2.75) is 258 Å². The summed E-state index contributed by atoms with van der Waals surface area (Å²) in [6.07, 6.45) is 18.5. The van der Waals surface area contributed by atoms with Gasteiger partial charge in [-0.2, -0.15) is 5.06 Å². The molecule has 5 nitrogen and oxygen atoms in total. The van der Waals surface area contributed by atoms with E-state index in [-0.39, 0.29) is 40.3 Å². The van der Waals surface area contributed by atoms with Crippen LogP contribution in [-0.2, 0) is 18.1 Å². The Bertz CT molecular complexity index is 1140. The van der Waals surface area contributed by atoms with Gasteiger partial charge in [-0.3, -0.25) is 4.84 Å². The van der Waals surface area contributed by atoms with Gasteiger partial charge in [-0.05, 0) is 127 Å². The SMILES string of the molecule is CCCCC[C@@H](/C=C/[C@@H]1[C@H](CC#CCCCCO[Si](CC)(CC)CC)[C@@H](O[Si](CC)(CC)CC)C[C@H]1O[Si](C)(C)C(C)(C)C)ON1C(C)(C)CCCC1(C)C. The van der Waals surface area contributed by atoms with Crippen molar-refractivity contribution in [3.8, 4) is 11.8 Å². The molecule has 5 atom stereocenters. The molecule has 0 aromatic carbocycles. The molecule has 0 amide bonds. The van der Waals surface area contributed by atoms with E-state index in [0.717, 1.165) is 76.1 Å². The first-order valence-corrected chi connectivity index (χ1v) is 31.3. The van der Waals surface area contributed by atoms with Crippen molar-refractivity contribution in [2.24, 2.45) is 11.8 Å². The highest BCUT2D eigenvalue weighted by atomic mass is 28.4. The predicted molar refractivity (Wildman–Crippen MR) is 247 cm³/mol. The van der Waals surface area contributed by atoms with Crippen molar-refractivity contribution < 1.29 is 18.1 Å². The van der Waals surface area contributed by atoms with Crippen LogP contribution in [0, 0.1) is 23.7 Å². The Morgan fingerprint density at radius 1 is 0.745 bits per heavy atom. The maximum Gasteiger partial charge on any atom is 0.192 e. The maximum atomic E-state index is 7.48. The third-order valence-corrected chi connectivity index (χ3v) is 28.4. The molecule has 322 valence electrons. The molecule has 0 spiro atoms. The summed E-state index contributed by atoms with van der Waals surface area (Å²) in [7, 11) is -5.43. The summed E-state index contributed by atoms with van der Waals surface area (Å²) in [4.78, 5) is 7.16. The van der Waals surface area contributed by atoms with E-state index in [9.17, 15) is 0 Å². The van der Waals surface area contributed by atoms with Crippen LogP contribution in [0.1, 0.15) is 174 Å². The van der Waals surface area contributed by atoms with E-state index in [0.29, 0.717) is 5.92 Å². The molecule has 1 aliphatic carbocycles. The standard InChI is InChI=1S/C47H93NO4Si3/c1-17-24-28-32-40(50-48-46(11,12)36-31-37-47(48,13)14)34-35-42-41(33-29-26-25-27-30-38-49-54(18-2,19-3)20-4)44(52-55(21-5,22-6)23-7)39-43(42)51-53(15,16)45(8,9)10/h34-35,40-44H,17-25,27-28,30-33,36-39H2,1-16H3/b35-34+/t40-,41-,42+,43+,44-/m0/s1. The fourth-order valence-corrected chi connectivity index (χ4v) is 16.1. The molecule has 0 aromatic rings.